The third-order valence-electron chi connectivity index (χ3n) is 5.46. The highest BCUT2D eigenvalue weighted by atomic mass is 32.2. The van der Waals surface area contributed by atoms with Gasteiger partial charge in [-0.25, -0.2) is 13.2 Å². The smallest absolute Gasteiger partial charge is 0.338 e. The van der Waals surface area contributed by atoms with E-state index >= 15 is 0 Å². The normalized spacial score (nSPS) is 14.3. The van der Waals surface area contributed by atoms with E-state index in [-0.39, 0.29) is 16.2 Å². The summed E-state index contributed by atoms with van der Waals surface area (Å²) in [4.78, 5) is 25.0. The van der Waals surface area contributed by atoms with Crippen LogP contribution >= 0.6 is 0 Å². The van der Waals surface area contributed by atoms with Gasteiger partial charge in [0.2, 0.25) is 5.78 Å². The molecule has 1 atom stereocenters. The highest BCUT2D eigenvalue weighted by molar-refractivity contribution is 7.92. The van der Waals surface area contributed by atoms with E-state index in [9.17, 15) is 18.0 Å². The maximum absolute atomic E-state index is 13.2. The van der Waals surface area contributed by atoms with E-state index in [0.717, 1.165) is 18.4 Å². The van der Waals surface area contributed by atoms with Crippen LogP contribution < -0.4 is 4.31 Å². The van der Waals surface area contributed by atoms with Crippen molar-refractivity contribution in [1.82, 2.24) is 0 Å². The van der Waals surface area contributed by atoms with Crippen LogP contribution in [-0.4, -0.2) is 32.8 Å². The van der Waals surface area contributed by atoms with Gasteiger partial charge in [-0.1, -0.05) is 48.5 Å². The van der Waals surface area contributed by atoms with Crippen LogP contribution in [0.1, 0.15) is 39.6 Å². The van der Waals surface area contributed by atoms with E-state index in [4.69, 9.17) is 4.74 Å². The standard InChI is InChI=1S/C25H23NO5S/c1-18(24(27)20-9-3-2-4-10-20)31-25(28)21-13-15-22(16-14-21)32(29,30)26-17-7-11-19-8-5-6-12-23(19)26/h2-6,8-10,12-16,18H,7,11,17H2,1H3. The first-order valence-electron chi connectivity index (χ1n) is 10.4. The molecule has 0 aliphatic carbocycles. The summed E-state index contributed by atoms with van der Waals surface area (Å²) in [5, 5.41) is 0. The van der Waals surface area contributed by atoms with Crippen molar-refractivity contribution in [2.75, 3.05) is 10.8 Å². The molecule has 0 bridgehead atoms. The fourth-order valence-electron chi connectivity index (χ4n) is 3.76. The molecule has 32 heavy (non-hydrogen) atoms. The first-order valence-corrected chi connectivity index (χ1v) is 11.8. The molecule has 0 radical (unpaired) electrons. The molecule has 1 heterocycles. The Labute approximate surface area is 187 Å². The van der Waals surface area contributed by atoms with Crippen LogP contribution in [0, 0.1) is 0 Å². The number of sulfonamides is 1. The molecule has 0 saturated carbocycles. The molecule has 6 nitrogen and oxygen atoms in total. The molecular weight excluding hydrogens is 426 g/mol. The quantitative estimate of drug-likeness (QED) is 0.415. The van der Waals surface area contributed by atoms with Gasteiger partial charge in [0.25, 0.3) is 10.0 Å². The van der Waals surface area contributed by atoms with E-state index in [1.807, 2.05) is 24.3 Å². The predicted molar refractivity (Wildman–Crippen MR) is 121 cm³/mol. The Morgan fingerprint density at radius 2 is 1.53 bits per heavy atom. The average molecular weight is 450 g/mol. The van der Waals surface area contributed by atoms with Gasteiger partial charge in [0.1, 0.15) is 0 Å². The van der Waals surface area contributed by atoms with E-state index in [0.29, 0.717) is 17.8 Å². The lowest BCUT2D eigenvalue weighted by Gasteiger charge is -2.30. The second-order valence-corrected chi connectivity index (χ2v) is 9.47. The van der Waals surface area contributed by atoms with Gasteiger partial charge >= 0.3 is 5.97 Å². The zero-order chi connectivity index (χ0) is 22.7. The van der Waals surface area contributed by atoms with Crippen molar-refractivity contribution in [3.63, 3.8) is 0 Å². The van der Waals surface area contributed by atoms with E-state index in [2.05, 4.69) is 0 Å². The number of nitrogens with zero attached hydrogens (tertiary/aromatic N) is 1. The molecule has 0 spiro atoms. The summed E-state index contributed by atoms with van der Waals surface area (Å²) in [7, 11) is -3.76. The largest absolute Gasteiger partial charge is 0.451 e. The van der Waals surface area contributed by atoms with Crippen LogP contribution in [0.2, 0.25) is 0 Å². The summed E-state index contributed by atoms with van der Waals surface area (Å²) < 4.78 is 33.1. The third kappa shape index (κ3) is 4.29. The fourth-order valence-corrected chi connectivity index (χ4v) is 5.30. The predicted octanol–water partition coefficient (Wildman–Crippen LogP) is 4.26. The van der Waals surface area contributed by atoms with E-state index in [1.165, 1.54) is 35.5 Å². The number of aryl methyl sites for hydroxylation is 1. The number of Topliss-reactive ketones (excluding diaryl/α,β-unsaturated/α-hetero) is 1. The van der Waals surface area contributed by atoms with Crippen molar-refractivity contribution >= 4 is 27.5 Å². The summed E-state index contributed by atoms with van der Waals surface area (Å²) in [5.74, 6) is -0.990. The fraction of sp³-hybridized carbons (Fsp3) is 0.200. The Hall–Kier alpha value is -3.45. The Bertz CT molecular complexity index is 1240. The molecule has 0 aromatic heterocycles. The maximum atomic E-state index is 13.2. The number of hydrogen-bond donors (Lipinski definition) is 0. The number of rotatable bonds is 6. The molecule has 1 unspecified atom stereocenters. The summed E-state index contributed by atoms with van der Waals surface area (Å²) >= 11 is 0. The minimum atomic E-state index is -3.76. The molecule has 7 heteroatoms. The van der Waals surface area contributed by atoms with Crippen LogP contribution in [0.4, 0.5) is 5.69 Å². The summed E-state index contributed by atoms with van der Waals surface area (Å²) in [5.41, 5.74) is 2.32. The summed E-state index contributed by atoms with van der Waals surface area (Å²) in [6, 6.07) is 21.7. The zero-order valence-electron chi connectivity index (χ0n) is 17.6. The lowest BCUT2D eigenvalue weighted by Crippen LogP contribution is -2.35. The number of fused-ring (bicyclic) bond motifs is 1. The van der Waals surface area contributed by atoms with Crippen molar-refractivity contribution in [1.29, 1.82) is 0 Å². The molecule has 164 valence electrons. The number of hydrogen-bond acceptors (Lipinski definition) is 5. The molecule has 1 aliphatic rings. The van der Waals surface area contributed by atoms with Gasteiger partial charge in [-0.05, 0) is 55.7 Å². The Kier molecular flexibility index (Phi) is 6.10. The zero-order valence-corrected chi connectivity index (χ0v) is 18.4. The molecule has 3 aromatic rings. The number of anilines is 1. The van der Waals surface area contributed by atoms with Gasteiger partial charge in [0.05, 0.1) is 16.1 Å². The van der Waals surface area contributed by atoms with Gasteiger partial charge in [-0.15, -0.1) is 0 Å². The second kappa shape index (κ2) is 8.96. The van der Waals surface area contributed by atoms with Crippen molar-refractivity contribution < 1.29 is 22.7 Å². The highest BCUT2D eigenvalue weighted by Gasteiger charge is 2.29. The molecule has 4 rings (SSSR count). The maximum Gasteiger partial charge on any atom is 0.338 e. The third-order valence-corrected chi connectivity index (χ3v) is 7.28. The van der Waals surface area contributed by atoms with Gasteiger partial charge < -0.3 is 4.74 Å². The van der Waals surface area contributed by atoms with Crippen LogP contribution in [0.5, 0.6) is 0 Å². The first-order chi connectivity index (χ1) is 15.4. The Morgan fingerprint density at radius 1 is 0.875 bits per heavy atom. The van der Waals surface area contributed by atoms with Gasteiger partial charge in [0, 0.05) is 12.1 Å². The first kappa shape index (κ1) is 21.8. The second-order valence-electron chi connectivity index (χ2n) is 7.61. The van der Waals surface area contributed by atoms with E-state index in [1.54, 1.807) is 30.3 Å². The Balaban J connectivity index is 1.49. The van der Waals surface area contributed by atoms with Crippen LogP contribution in [0.15, 0.2) is 83.8 Å². The number of carbonyl (C=O) groups is 2. The SMILES string of the molecule is CC(OC(=O)c1ccc(S(=O)(=O)N2CCCc3ccccc32)cc1)C(=O)c1ccccc1. The number of esters is 1. The monoisotopic (exact) mass is 449 g/mol. The summed E-state index contributed by atoms with van der Waals surface area (Å²) in [6.45, 7) is 1.92. The molecular formula is C25H23NO5S. The van der Waals surface area contributed by atoms with Crippen molar-refractivity contribution in [3.05, 3.63) is 95.6 Å². The van der Waals surface area contributed by atoms with Crippen molar-refractivity contribution in [2.45, 2.75) is 30.8 Å². The number of para-hydroxylation sites is 1. The minimum Gasteiger partial charge on any atom is -0.451 e. The highest BCUT2D eigenvalue weighted by Crippen LogP contribution is 2.31. The van der Waals surface area contributed by atoms with Crippen LogP contribution in [-0.2, 0) is 21.2 Å². The number of ketones is 1. The van der Waals surface area contributed by atoms with Crippen LogP contribution in [0.25, 0.3) is 0 Å². The van der Waals surface area contributed by atoms with Crippen molar-refractivity contribution in [2.24, 2.45) is 0 Å². The van der Waals surface area contributed by atoms with Crippen LogP contribution in [0.3, 0.4) is 0 Å². The lowest BCUT2D eigenvalue weighted by atomic mass is 10.0. The van der Waals surface area contributed by atoms with Crippen molar-refractivity contribution in [3.8, 4) is 0 Å². The molecule has 0 amide bonds. The number of benzene rings is 3. The average Bonchev–Trinajstić information content (AvgIpc) is 2.83. The minimum absolute atomic E-state index is 0.0964. The van der Waals surface area contributed by atoms with Gasteiger partial charge in [-0.3, -0.25) is 9.10 Å². The molecule has 3 aromatic carbocycles. The molecule has 1 aliphatic heterocycles. The van der Waals surface area contributed by atoms with Gasteiger partial charge in [-0.2, -0.15) is 0 Å². The summed E-state index contributed by atoms with van der Waals surface area (Å²) in [6.07, 6.45) is 0.624. The van der Waals surface area contributed by atoms with E-state index < -0.39 is 22.1 Å². The number of ether oxygens (including phenoxy) is 1. The number of carbonyl (C=O) groups excluding carboxylic acids is 2. The molecule has 0 fully saturated rings. The lowest BCUT2D eigenvalue weighted by molar-refractivity contribution is 0.0318. The Morgan fingerprint density at radius 3 is 2.25 bits per heavy atom. The van der Waals surface area contributed by atoms with Gasteiger partial charge in [0.15, 0.2) is 6.10 Å². The molecule has 0 saturated heterocycles. The topological polar surface area (TPSA) is 80.8 Å². The molecule has 0 N–H and O–H groups in total.